The van der Waals surface area contributed by atoms with Gasteiger partial charge in [0.05, 0.1) is 11.1 Å². The molecular weight excluding hydrogens is 494 g/mol. The normalized spacial score (nSPS) is 14.2. The molecule has 2 aromatic carbocycles. The van der Waals surface area contributed by atoms with Crippen LogP contribution in [-0.4, -0.2) is 51.7 Å². The van der Waals surface area contributed by atoms with Gasteiger partial charge in [0.1, 0.15) is 5.82 Å². The Morgan fingerprint density at radius 1 is 0.892 bits per heavy atom. The average Bonchev–Trinajstić information content (AvgIpc) is 2.89. The van der Waals surface area contributed by atoms with Crippen molar-refractivity contribution in [1.29, 1.82) is 0 Å². The number of carbonyl (C=O) groups excluding carboxylic acids is 3. The van der Waals surface area contributed by atoms with Crippen molar-refractivity contribution >= 4 is 23.5 Å². The van der Waals surface area contributed by atoms with Gasteiger partial charge in [-0.3, -0.25) is 14.4 Å². The molecule has 0 spiro atoms. The van der Waals surface area contributed by atoms with Crippen LogP contribution in [0.15, 0.2) is 60.9 Å². The second-order valence-electron chi connectivity index (χ2n) is 8.30. The van der Waals surface area contributed by atoms with Crippen molar-refractivity contribution in [3.05, 3.63) is 89.1 Å². The minimum Gasteiger partial charge on any atom is -0.348 e. The molecule has 1 aliphatic rings. The maximum atomic E-state index is 13.3. The summed E-state index contributed by atoms with van der Waals surface area (Å²) < 4.78 is 53.0. The Balaban J connectivity index is 1.38. The van der Waals surface area contributed by atoms with Gasteiger partial charge in [-0.1, -0.05) is 12.1 Å². The van der Waals surface area contributed by atoms with E-state index in [0.29, 0.717) is 12.8 Å². The minimum atomic E-state index is -4.65. The number of hydrogen-bond donors (Lipinski definition) is 2. The molecule has 0 unspecified atom stereocenters. The van der Waals surface area contributed by atoms with Gasteiger partial charge in [-0.05, 0) is 49.2 Å². The Kier molecular flexibility index (Phi) is 7.46. The highest BCUT2D eigenvalue weighted by atomic mass is 19.4. The molecule has 1 aromatic heterocycles. The number of nitrogens with one attached hydrogen (secondary N) is 2. The summed E-state index contributed by atoms with van der Waals surface area (Å²) in [5.74, 6) is -2.55. The fraction of sp³-hybridized carbons (Fsp3) is 0.240. The summed E-state index contributed by atoms with van der Waals surface area (Å²) in [5, 5.41) is 5.25. The Bertz CT molecular complexity index is 1310. The molecule has 0 atom stereocenters. The predicted molar refractivity (Wildman–Crippen MR) is 124 cm³/mol. The van der Waals surface area contributed by atoms with Crippen LogP contribution >= 0.6 is 0 Å². The van der Waals surface area contributed by atoms with Crippen LogP contribution in [0.4, 0.5) is 23.4 Å². The topological polar surface area (TPSA) is 104 Å². The van der Waals surface area contributed by atoms with Gasteiger partial charge < -0.3 is 15.5 Å². The van der Waals surface area contributed by atoms with E-state index in [1.807, 2.05) is 0 Å². The fourth-order valence-corrected chi connectivity index (χ4v) is 3.94. The molecule has 1 aliphatic heterocycles. The van der Waals surface area contributed by atoms with E-state index in [-0.39, 0.29) is 36.2 Å². The first kappa shape index (κ1) is 25.7. The number of halogens is 4. The standard InChI is InChI=1S/C25H21F4N5O3/c26-16-7-5-15(6-8-16)22(35)33-21-20(30-11-12-31-21)23(36)32-17-9-13-34(14-10-17)24(37)18-3-1-2-4-19(18)25(27,28)29/h1-8,11-12,17H,9-10,13-14H2,(H,32,36)(H,31,33,35). The molecule has 0 aliphatic carbocycles. The summed E-state index contributed by atoms with van der Waals surface area (Å²) in [4.78, 5) is 47.4. The summed E-state index contributed by atoms with van der Waals surface area (Å²) in [6, 6.07) is 9.05. The molecule has 4 rings (SSSR count). The largest absolute Gasteiger partial charge is 0.417 e. The number of piperidine rings is 1. The zero-order valence-electron chi connectivity index (χ0n) is 19.3. The van der Waals surface area contributed by atoms with E-state index in [2.05, 4.69) is 20.6 Å². The highest BCUT2D eigenvalue weighted by Gasteiger charge is 2.36. The Morgan fingerprint density at radius 3 is 2.22 bits per heavy atom. The summed E-state index contributed by atoms with van der Waals surface area (Å²) in [6.45, 7) is 0.287. The van der Waals surface area contributed by atoms with Gasteiger partial charge in [-0.2, -0.15) is 13.2 Å². The van der Waals surface area contributed by atoms with E-state index in [1.165, 1.54) is 41.6 Å². The summed E-state index contributed by atoms with van der Waals surface area (Å²) in [5.41, 5.74) is -1.40. The number of nitrogens with zero attached hydrogens (tertiary/aromatic N) is 3. The molecule has 2 N–H and O–H groups in total. The lowest BCUT2D eigenvalue weighted by Gasteiger charge is -2.33. The SMILES string of the molecule is O=C(Nc1nccnc1C(=O)NC1CCN(C(=O)c2ccccc2C(F)(F)F)CC1)c1ccc(F)cc1. The smallest absolute Gasteiger partial charge is 0.348 e. The third-order valence-electron chi connectivity index (χ3n) is 5.83. The molecule has 0 bridgehead atoms. The van der Waals surface area contributed by atoms with Crippen molar-refractivity contribution in [2.24, 2.45) is 0 Å². The first-order chi connectivity index (χ1) is 17.6. The van der Waals surface area contributed by atoms with Gasteiger partial charge in [0.25, 0.3) is 17.7 Å². The molecule has 2 heterocycles. The van der Waals surface area contributed by atoms with Crippen LogP contribution in [-0.2, 0) is 6.18 Å². The van der Waals surface area contributed by atoms with Crippen LogP contribution in [0.3, 0.4) is 0 Å². The molecule has 192 valence electrons. The number of aromatic nitrogens is 2. The first-order valence-electron chi connectivity index (χ1n) is 11.3. The molecule has 0 saturated carbocycles. The Morgan fingerprint density at radius 2 is 1.54 bits per heavy atom. The third-order valence-corrected chi connectivity index (χ3v) is 5.83. The quantitative estimate of drug-likeness (QED) is 0.502. The number of amides is 3. The molecule has 8 nitrogen and oxygen atoms in total. The summed E-state index contributed by atoms with van der Waals surface area (Å²) in [7, 11) is 0. The lowest BCUT2D eigenvalue weighted by molar-refractivity contribution is -0.138. The van der Waals surface area contributed by atoms with Gasteiger partial charge in [0.15, 0.2) is 11.5 Å². The van der Waals surface area contributed by atoms with Gasteiger partial charge in [0, 0.05) is 37.1 Å². The van der Waals surface area contributed by atoms with Crippen molar-refractivity contribution < 1.29 is 31.9 Å². The van der Waals surface area contributed by atoms with E-state index < -0.39 is 40.8 Å². The van der Waals surface area contributed by atoms with Crippen LogP contribution in [0.5, 0.6) is 0 Å². The summed E-state index contributed by atoms with van der Waals surface area (Å²) >= 11 is 0. The third kappa shape index (κ3) is 6.08. The zero-order valence-corrected chi connectivity index (χ0v) is 19.3. The van der Waals surface area contributed by atoms with Crippen molar-refractivity contribution in [3.8, 4) is 0 Å². The van der Waals surface area contributed by atoms with Crippen LogP contribution in [0.2, 0.25) is 0 Å². The molecule has 37 heavy (non-hydrogen) atoms. The minimum absolute atomic E-state index is 0.0919. The van der Waals surface area contributed by atoms with Gasteiger partial charge >= 0.3 is 6.18 Å². The van der Waals surface area contributed by atoms with E-state index >= 15 is 0 Å². The van der Waals surface area contributed by atoms with E-state index in [0.717, 1.165) is 24.3 Å². The molecule has 1 fully saturated rings. The number of alkyl halides is 3. The van der Waals surface area contributed by atoms with Gasteiger partial charge in [-0.15, -0.1) is 0 Å². The first-order valence-corrected chi connectivity index (χ1v) is 11.3. The highest BCUT2D eigenvalue weighted by Crippen LogP contribution is 2.32. The van der Waals surface area contributed by atoms with Crippen LogP contribution in [0, 0.1) is 5.82 Å². The number of hydrogen-bond acceptors (Lipinski definition) is 5. The number of benzene rings is 2. The lowest BCUT2D eigenvalue weighted by atomic mass is 10.0. The molecule has 1 saturated heterocycles. The molecule has 3 amide bonds. The average molecular weight is 515 g/mol. The van der Waals surface area contributed by atoms with E-state index in [1.54, 1.807) is 0 Å². The highest BCUT2D eigenvalue weighted by molar-refractivity contribution is 6.07. The Hall–Kier alpha value is -4.35. The zero-order chi connectivity index (χ0) is 26.6. The molecular formula is C25H21F4N5O3. The van der Waals surface area contributed by atoms with Crippen molar-refractivity contribution in [2.75, 3.05) is 18.4 Å². The maximum absolute atomic E-state index is 13.3. The van der Waals surface area contributed by atoms with E-state index in [9.17, 15) is 31.9 Å². The monoisotopic (exact) mass is 515 g/mol. The van der Waals surface area contributed by atoms with Gasteiger partial charge in [0.2, 0.25) is 0 Å². The molecule has 3 aromatic rings. The fourth-order valence-electron chi connectivity index (χ4n) is 3.94. The van der Waals surface area contributed by atoms with Crippen LogP contribution < -0.4 is 10.6 Å². The number of carbonyl (C=O) groups is 3. The number of likely N-dealkylation sites (tertiary alicyclic amines) is 1. The number of anilines is 1. The van der Waals surface area contributed by atoms with Crippen LogP contribution in [0.25, 0.3) is 0 Å². The van der Waals surface area contributed by atoms with Gasteiger partial charge in [-0.25, -0.2) is 14.4 Å². The van der Waals surface area contributed by atoms with Crippen LogP contribution in [0.1, 0.15) is 49.6 Å². The van der Waals surface area contributed by atoms with Crippen molar-refractivity contribution in [3.63, 3.8) is 0 Å². The second kappa shape index (κ2) is 10.7. The Labute approximate surface area is 208 Å². The lowest BCUT2D eigenvalue weighted by Crippen LogP contribution is -2.47. The maximum Gasteiger partial charge on any atom is 0.417 e. The number of rotatable bonds is 5. The van der Waals surface area contributed by atoms with Crippen molar-refractivity contribution in [2.45, 2.75) is 25.1 Å². The van der Waals surface area contributed by atoms with Crippen molar-refractivity contribution in [1.82, 2.24) is 20.2 Å². The molecule has 0 radical (unpaired) electrons. The second-order valence-corrected chi connectivity index (χ2v) is 8.30. The summed E-state index contributed by atoms with van der Waals surface area (Å²) in [6.07, 6.45) is -1.47. The molecule has 12 heteroatoms. The van der Waals surface area contributed by atoms with E-state index in [4.69, 9.17) is 0 Å². The predicted octanol–water partition coefficient (Wildman–Crippen LogP) is 3.92.